The first-order chi connectivity index (χ1) is 8.56. The predicted octanol–water partition coefficient (Wildman–Crippen LogP) is 5.16. The molecule has 2 aromatic rings. The largest absolute Gasteiger partial charge is 0.381 e. The predicted molar refractivity (Wildman–Crippen MR) is 77.6 cm³/mol. The second kappa shape index (κ2) is 5.72. The maximum Gasteiger partial charge on any atom is 0.128 e. The minimum absolute atomic E-state index is 0.198. The molecule has 0 aromatic heterocycles. The number of benzene rings is 2. The van der Waals surface area contributed by atoms with Crippen LogP contribution in [0.25, 0.3) is 0 Å². The van der Waals surface area contributed by atoms with Gasteiger partial charge in [0.25, 0.3) is 0 Å². The van der Waals surface area contributed by atoms with E-state index in [0.717, 1.165) is 15.7 Å². The van der Waals surface area contributed by atoms with Crippen LogP contribution in [0.2, 0.25) is 5.02 Å². The zero-order valence-corrected chi connectivity index (χ0v) is 12.1. The smallest absolute Gasteiger partial charge is 0.128 e. The van der Waals surface area contributed by atoms with E-state index in [1.807, 2.05) is 25.1 Å². The summed E-state index contributed by atoms with van der Waals surface area (Å²) >= 11 is 9.32. The fourth-order valence-electron chi connectivity index (χ4n) is 1.64. The van der Waals surface area contributed by atoms with Gasteiger partial charge in [-0.3, -0.25) is 0 Å². The molecule has 0 spiro atoms. The van der Waals surface area contributed by atoms with Gasteiger partial charge in [-0.05, 0) is 47.1 Å². The summed E-state index contributed by atoms with van der Waals surface area (Å²) in [7, 11) is 0. The third kappa shape index (κ3) is 3.24. The van der Waals surface area contributed by atoms with Crippen molar-refractivity contribution in [1.82, 2.24) is 0 Å². The van der Waals surface area contributed by atoms with E-state index >= 15 is 0 Å². The van der Waals surface area contributed by atoms with E-state index in [1.54, 1.807) is 12.1 Å². The van der Waals surface area contributed by atoms with Gasteiger partial charge in [0.2, 0.25) is 0 Å². The summed E-state index contributed by atoms with van der Waals surface area (Å²) in [5, 5.41) is 3.78. The number of hydrogen-bond acceptors (Lipinski definition) is 1. The second-order valence-corrected chi connectivity index (χ2v) is 5.34. The van der Waals surface area contributed by atoms with Gasteiger partial charge < -0.3 is 5.32 Å². The topological polar surface area (TPSA) is 12.0 Å². The standard InChI is InChI=1S/C14H12BrClFN/c1-9-2-5-14(17)10(6-9)8-18-11-3-4-12(15)13(16)7-11/h2-7,18H,8H2,1H3. The van der Waals surface area contributed by atoms with Crippen LogP contribution in [-0.2, 0) is 6.54 Å². The average molecular weight is 329 g/mol. The Kier molecular flexibility index (Phi) is 4.25. The third-order valence-corrected chi connectivity index (χ3v) is 3.84. The summed E-state index contributed by atoms with van der Waals surface area (Å²) in [5.74, 6) is -0.198. The molecule has 0 fully saturated rings. The first-order valence-electron chi connectivity index (χ1n) is 5.50. The van der Waals surface area contributed by atoms with Gasteiger partial charge in [-0.2, -0.15) is 0 Å². The molecule has 0 amide bonds. The monoisotopic (exact) mass is 327 g/mol. The Morgan fingerprint density at radius 1 is 1.22 bits per heavy atom. The lowest BCUT2D eigenvalue weighted by atomic mass is 10.1. The van der Waals surface area contributed by atoms with Crippen LogP contribution in [0.1, 0.15) is 11.1 Å². The van der Waals surface area contributed by atoms with Crippen molar-refractivity contribution < 1.29 is 4.39 Å². The Labute approximate surface area is 119 Å². The Morgan fingerprint density at radius 2 is 2.00 bits per heavy atom. The van der Waals surface area contributed by atoms with Gasteiger partial charge in [-0.25, -0.2) is 4.39 Å². The Balaban J connectivity index is 2.11. The minimum atomic E-state index is -0.198. The fraction of sp³-hybridized carbons (Fsp3) is 0.143. The number of halogens is 3. The number of anilines is 1. The fourth-order valence-corrected chi connectivity index (χ4v) is 2.07. The molecule has 0 aliphatic rings. The molecule has 0 saturated heterocycles. The number of aryl methyl sites for hydroxylation is 1. The molecule has 0 radical (unpaired) electrons. The van der Waals surface area contributed by atoms with E-state index in [2.05, 4.69) is 21.2 Å². The molecular weight excluding hydrogens is 317 g/mol. The lowest BCUT2D eigenvalue weighted by Gasteiger charge is -2.09. The summed E-state index contributed by atoms with van der Waals surface area (Å²) in [6, 6.07) is 10.6. The van der Waals surface area contributed by atoms with E-state index in [1.165, 1.54) is 6.07 Å². The Morgan fingerprint density at radius 3 is 2.72 bits per heavy atom. The van der Waals surface area contributed by atoms with Crippen LogP contribution < -0.4 is 5.32 Å². The van der Waals surface area contributed by atoms with Crippen molar-refractivity contribution in [2.24, 2.45) is 0 Å². The first kappa shape index (κ1) is 13.4. The normalized spacial score (nSPS) is 10.4. The van der Waals surface area contributed by atoms with Gasteiger partial charge in [-0.15, -0.1) is 0 Å². The Hall–Kier alpha value is -1.06. The lowest BCUT2D eigenvalue weighted by molar-refractivity contribution is 0.612. The van der Waals surface area contributed by atoms with E-state index < -0.39 is 0 Å². The maximum absolute atomic E-state index is 13.5. The van der Waals surface area contributed by atoms with Crippen LogP contribution in [0, 0.1) is 12.7 Å². The Bertz CT molecular complexity index is 572. The van der Waals surface area contributed by atoms with Crippen LogP contribution in [0.4, 0.5) is 10.1 Å². The molecular formula is C14H12BrClFN. The van der Waals surface area contributed by atoms with Crippen LogP contribution in [0.5, 0.6) is 0 Å². The highest BCUT2D eigenvalue weighted by molar-refractivity contribution is 9.10. The molecule has 2 aromatic carbocycles. The van der Waals surface area contributed by atoms with Gasteiger partial charge in [0.1, 0.15) is 5.82 Å². The number of rotatable bonds is 3. The van der Waals surface area contributed by atoms with Gasteiger partial charge in [0, 0.05) is 22.3 Å². The van der Waals surface area contributed by atoms with E-state index in [-0.39, 0.29) is 5.82 Å². The average Bonchev–Trinajstić information content (AvgIpc) is 2.34. The maximum atomic E-state index is 13.5. The van der Waals surface area contributed by atoms with Crippen LogP contribution >= 0.6 is 27.5 Å². The van der Waals surface area contributed by atoms with Crippen molar-refractivity contribution in [3.05, 3.63) is 62.8 Å². The molecule has 0 atom stereocenters. The first-order valence-corrected chi connectivity index (χ1v) is 6.67. The van der Waals surface area contributed by atoms with Crippen molar-refractivity contribution in [2.75, 3.05) is 5.32 Å². The van der Waals surface area contributed by atoms with Crippen molar-refractivity contribution in [3.63, 3.8) is 0 Å². The second-order valence-electron chi connectivity index (χ2n) is 4.08. The highest BCUT2D eigenvalue weighted by Gasteiger charge is 2.03. The van der Waals surface area contributed by atoms with E-state index in [0.29, 0.717) is 17.1 Å². The number of nitrogens with one attached hydrogen (secondary N) is 1. The van der Waals surface area contributed by atoms with Crippen LogP contribution in [-0.4, -0.2) is 0 Å². The van der Waals surface area contributed by atoms with Gasteiger partial charge in [0.05, 0.1) is 5.02 Å². The molecule has 0 heterocycles. The molecule has 0 bridgehead atoms. The molecule has 1 nitrogen and oxygen atoms in total. The summed E-state index contributed by atoms with van der Waals surface area (Å²) in [6.07, 6.45) is 0. The molecule has 4 heteroatoms. The quantitative estimate of drug-likeness (QED) is 0.820. The summed E-state index contributed by atoms with van der Waals surface area (Å²) in [6.45, 7) is 2.38. The van der Waals surface area contributed by atoms with Gasteiger partial charge in [-0.1, -0.05) is 29.3 Å². The van der Waals surface area contributed by atoms with Gasteiger partial charge >= 0.3 is 0 Å². The molecule has 94 valence electrons. The minimum Gasteiger partial charge on any atom is -0.381 e. The summed E-state index contributed by atoms with van der Waals surface area (Å²) in [5.41, 5.74) is 2.56. The highest BCUT2D eigenvalue weighted by Crippen LogP contribution is 2.25. The van der Waals surface area contributed by atoms with Crippen molar-refractivity contribution in [1.29, 1.82) is 0 Å². The molecule has 0 aliphatic carbocycles. The summed E-state index contributed by atoms with van der Waals surface area (Å²) < 4.78 is 14.4. The van der Waals surface area contributed by atoms with Crippen molar-refractivity contribution >= 4 is 33.2 Å². The third-order valence-electron chi connectivity index (χ3n) is 2.60. The van der Waals surface area contributed by atoms with Crippen molar-refractivity contribution in [3.8, 4) is 0 Å². The van der Waals surface area contributed by atoms with Crippen molar-refractivity contribution in [2.45, 2.75) is 13.5 Å². The zero-order chi connectivity index (χ0) is 13.1. The summed E-state index contributed by atoms with van der Waals surface area (Å²) in [4.78, 5) is 0. The molecule has 18 heavy (non-hydrogen) atoms. The van der Waals surface area contributed by atoms with E-state index in [9.17, 15) is 4.39 Å². The zero-order valence-electron chi connectivity index (χ0n) is 9.81. The van der Waals surface area contributed by atoms with Crippen LogP contribution in [0.3, 0.4) is 0 Å². The number of hydrogen-bond donors (Lipinski definition) is 1. The molecule has 1 N–H and O–H groups in total. The molecule has 0 aliphatic heterocycles. The molecule has 0 unspecified atom stereocenters. The van der Waals surface area contributed by atoms with Crippen LogP contribution in [0.15, 0.2) is 40.9 Å². The van der Waals surface area contributed by atoms with E-state index in [4.69, 9.17) is 11.6 Å². The van der Waals surface area contributed by atoms with Gasteiger partial charge in [0.15, 0.2) is 0 Å². The lowest BCUT2D eigenvalue weighted by Crippen LogP contribution is -2.02. The highest BCUT2D eigenvalue weighted by atomic mass is 79.9. The molecule has 2 rings (SSSR count). The SMILES string of the molecule is Cc1ccc(F)c(CNc2ccc(Br)c(Cl)c2)c1. The molecule has 0 saturated carbocycles.